The lowest BCUT2D eigenvalue weighted by atomic mass is 10.4. The molecule has 0 aromatic rings. The average molecular weight is 113 g/mol. The Morgan fingerprint density at radius 2 is 2.25 bits per heavy atom. The zero-order valence-corrected chi connectivity index (χ0v) is 5.26. The van der Waals surface area contributed by atoms with Crippen LogP contribution in [-0.2, 0) is 0 Å². The molecule has 0 spiro atoms. The predicted octanol–water partition coefficient (Wildman–Crippen LogP) is 0.701. The fourth-order valence-corrected chi connectivity index (χ4v) is 0.305. The third-order valence-electron chi connectivity index (χ3n) is 0.554. The molecule has 0 unspecified atom stereocenters. The Bertz CT molecular complexity index is 102. The molecule has 0 fully saturated rings. The highest BCUT2D eigenvalue weighted by Gasteiger charge is 1.80. The zero-order chi connectivity index (χ0) is 6.57. The Hall–Kier alpha value is -0.830. The van der Waals surface area contributed by atoms with Crippen molar-refractivity contribution < 1.29 is 0 Å². The largest absolute Gasteiger partial charge is 0.227 e. The minimum Gasteiger partial charge on any atom is -0.227 e. The van der Waals surface area contributed by atoms with Gasteiger partial charge in [-0.1, -0.05) is 5.57 Å². The van der Waals surface area contributed by atoms with Crippen molar-refractivity contribution in [3.8, 4) is 0 Å². The summed E-state index contributed by atoms with van der Waals surface area (Å²) < 4.78 is 0. The summed E-state index contributed by atoms with van der Waals surface area (Å²) >= 11 is 0. The Labute approximate surface area is 49.4 Å². The second-order valence-electron chi connectivity index (χ2n) is 1.73. The van der Waals surface area contributed by atoms with Crippen LogP contribution in [0.25, 0.3) is 0 Å². The van der Waals surface area contributed by atoms with E-state index in [-0.39, 0.29) is 0 Å². The molecule has 8 heavy (non-hydrogen) atoms. The van der Waals surface area contributed by atoms with Gasteiger partial charge in [0.1, 0.15) is 0 Å². The summed E-state index contributed by atoms with van der Waals surface area (Å²) in [4.78, 5) is 0. The van der Waals surface area contributed by atoms with E-state index in [4.69, 9.17) is 5.84 Å². The molecule has 0 aliphatic carbocycles. The molecule has 0 heterocycles. The number of hydrogen-bond donors (Lipinski definition) is 1. The van der Waals surface area contributed by atoms with E-state index in [9.17, 15) is 0 Å². The van der Waals surface area contributed by atoms with E-state index in [1.807, 2.05) is 13.8 Å². The third-order valence-corrected chi connectivity index (χ3v) is 0.554. The van der Waals surface area contributed by atoms with Crippen molar-refractivity contribution in [2.75, 3.05) is 0 Å². The van der Waals surface area contributed by atoms with Crippen molar-refractivity contribution in [2.24, 2.45) is 10.9 Å². The van der Waals surface area contributed by atoms with Gasteiger partial charge in [-0.2, -0.15) is 5.10 Å². The average Bonchev–Trinajstić information content (AvgIpc) is 1.65. The number of nitrogens with zero attached hydrogens (tertiary/aromatic N) is 2. The molecule has 0 saturated carbocycles. The molecule has 0 bridgehead atoms. The second-order valence-corrected chi connectivity index (χ2v) is 1.73. The van der Waals surface area contributed by atoms with Crippen LogP contribution in [0, 0.1) is 0 Å². The van der Waals surface area contributed by atoms with E-state index in [0.29, 0.717) is 0 Å². The molecule has 0 aliphatic heterocycles. The fourth-order valence-electron chi connectivity index (χ4n) is 0.305. The van der Waals surface area contributed by atoms with Crippen LogP contribution in [0.5, 0.6) is 0 Å². The first-order chi connectivity index (χ1) is 3.66. The van der Waals surface area contributed by atoms with Gasteiger partial charge in [0.25, 0.3) is 0 Å². The van der Waals surface area contributed by atoms with Crippen LogP contribution < -0.4 is 5.84 Å². The summed E-state index contributed by atoms with van der Waals surface area (Å²) in [6.45, 7) is 7.09. The number of rotatable bonds is 2. The Morgan fingerprint density at radius 1 is 1.75 bits per heavy atom. The Balaban J connectivity index is 3.68. The third kappa shape index (κ3) is 3.36. The Kier molecular flexibility index (Phi) is 2.88. The molecule has 2 N–H and O–H groups in total. The van der Waals surface area contributed by atoms with Crippen molar-refractivity contribution in [3.63, 3.8) is 0 Å². The highest BCUT2D eigenvalue weighted by molar-refractivity contribution is 5.22. The topological polar surface area (TPSA) is 41.6 Å². The van der Waals surface area contributed by atoms with Crippen LogP contribution in [0.2, 0.25) is 0 Å². The van der Waals surface area contributed by atoms with Crippen LogP contribution in [-0.4, -0.2) is 11.8 Å². The second kappa shape index (κ2) is 3.21. The smallest absolute Gasteiger partial charge is 0.0401 e. The van der Waals surface area contributed by atoms with Gasteiger partial charge in [0.05, 0.1) is 0 Å². The molecule has 0 radical (unpaired) electrons. The highest BCUT2D eigenvalue weighted by atomic mass is 15.6. The number of hydrazone groups is 1. The van der Waals surface area contributed by atoms with Gasteiger partial charge in [0.15, 0.2) is 0 Å². The van der Waals surface area contributed by atoms with Crippen molar-refractivity contribution in [3.05, 3.63) is 11.8 Å². The van der Waals surface area contributed by atoms with Crippen molar-refractivity contribution in [2.45, 2.75) is 13.8 Å². The number of nitrogens with two attached hydrogens (primary N) is 1. The van der Waals surface area contributed by atoms with Crippen molar-refractivity contribution >= 4 is 6.72 Å². The van der Waals surface area contributed by atoms with E-state index in [1.54, 1.807) is 6.20 Å². The van der Waals surface area contributed by atoms with E-state index >= 15 is 0 Å². The quantitative estimate of drug-likeness (QED) is 0.325. The number of hydrazine groups is 1. The first kappa shape index (κ1) is 7.17. The minimum absolute atomic E-state index is 1.10. The van der Waals surface area contributed by atoms with E-state index in [0.717, 1.165) is 5.57 Å². The molecule has 0 aromatic carbocycles. The van der Waals surface area contributed by atoms with Gasteiger partial charge in [0.2, 0.25) is 0 Å². The molecular weight excluding hydrogens is 102 g/mol. The maximum Gasteiger partial charge on any atom is 0.0401 e. The van der Waals surface area contributed by atoms with Gasteiger partial charge < -0.3 is 0 Å². The molecule has 0 rings (SSSR count). The van der Waals surface area contributed by atoms with Gasteiger partial charge in [0, 0.05) is 12.9 Å². The standard InChI is InChI=1S/C5H11N3/c1-5(2)4-8(6)7-3/h4H,3,6H2,1-2H3. The van der Waals surface area contributed by atoms with Gasteiger partial charge in [-0.3, -0.25) is 0 Å². The molecular formula is C5H11N3. The van der Waals surface area contributed by atoms with E-state index in [1.165, 1.54) is 5.12 Å². The molecule has 46 valence electrons. The summed E-state index contributed by atoms with van der Waals surface area (Å²) in [5.41, 5.74) is 1.10. The highest BCUT2D eigenvalue weighted by Crippen LogP contribution is 1.88. The van der Waals surface area contributed by atoms with Crippen LogP contribution in [0.3, 0.4) is 0 Å². The van der Waals surface area contributed by atoms with Crippen LogP contribution >= 0.6 is 0 Å². The molecule has 0 saturated heterocycles. The SMILES string of the molecule is C=NN(N)C=C(C)C. The minimum atomic E-state index is 1.10. The fraction of sp³-hybridized carbons (Fsp3) is 0.400. The summed E-state index contributed by atoms with van der Waals surface area (Å²) in [5.74, 6) is 5.20. The predicted molar refractivity (Wildman–Crippen MR) is 35.0 cm³/mol. The number of allylic oxidation sites excluding steroid dienone is 1. The van der Waals surface area contributed by atoms with Gasteiger partial charge in [-0.15, -0.1) is 0 Å². The first-order valence-corrected chi connectivity index (χ1v) is 2.32. The lowest BCUT2D eigenvalue weighted by molar-refractivity contribution is 0.421. The zero-order valence-electron chi connectivity index (χ0n) is 5.26. The van der Waals surface area contributed by atoms with Crippen LogP contribution in [0.4, 0.5) is 0 Å². The maximum absolute atomic E-state index is 5.20. The molecule has 0 aromatic heterocycles. The van der Waals surface area contributed by atoms with Crippen molar-refractivity contribution in [1.82, 2.24) is 5.12 Å². The Morgan fingerprint density at radius 3 is 2.38 bits per heavy atom. The van der Waals surface area contributed by atoms with Crippen LogP contribution in [0.1, 0.15) is 13.8 Å². The summed E-state index contributed by atoms with van der Waals surface area (Å²) in [6, 6.07) is 0. The summed E-state index contributed by atoms with van der Waals surface area (Å²) in [7, 11) is 0. The van der Waals surface area contributed by atoms with Crippen LogP contribution in [0.15, 0.2) is 16.9 Å². The van der Waals surface area contributed by atoms with Gasteiger partial charge in [-0.05, 0) is 13.8 Å². The molecule has 0 amide bonds. The van der Waals surface area contributed by atoms with E-state index in [2.05, 4.69) is 11.8 Å². The monoisotopic (exact) mass is 113 g/mol. The van der Waals surface area contributed by atoms with Gasteiger partial charge in [-0.25, -0.2) is 11.0 Å². The molecule has 3 nitrogen and oxygen atoms in total. The summed E-state index contributed by atoms with van der Waals surface area (Å²) in [6.07, 6.45) is 1.69. The lowest BCUT2D eigenvalue weighted by Crippen LogP contribution is -2.17. The van der Waals surface area contributed by atoms with Gasteiger partial charge >= 0.3 is 0 Å². The first-order valence-electron chi connectivity index (χ1n) is 2.32. The lowest BCUT2D eigenvalue weighted by Gasteiger charge is -2.03. The normalized spacial score (nSPS) is 7.88. The van der Waals surface area contributed by atoms with Crippen molar-refractivity contribution in [1.29, 1.82) is 0 Å². The molecule has 0 aliphatic rings. The molecule has 3 heteroatoms. The number of hydrogen-bond acceptors (Lipinski definition) is 3. The summed E-state index contributed by atoms with van der Waals surface area (Å²) in [5, 5.41) is 4.59. The molecule has 0 atom stereocenters. The van der Waals surface area contributed by atoms with E-state index < -0.39 is 0 Å². The maximum atomic E-state index is 5.20.